The Kier molecular flexibility index (Phi) is 6.38. The maximum atomic E-state index is 15.1. The molecule has 2 saturated heterocycles. The van der Waals surface area contributed by atoms with Crippen molar-refractivity contribution in [2.45, 2.75) is 70.8 Å². The predicted octanol–water partition coefficient (Wildman–Crippen LogP) is 6.29. The Hall–Kier alpha value is -2.99. The maximum Gasteiger partial charge on any atom is 0.184 e. The topological polar surface area (TPSA) is 66.8 Å². The van der Waals surface area contributed by atoms with Gasteiger partial charge in [0.25, 0.3) is 0 Å². The van der Waals surface area contributed by atoms with E-state index >= 15 is 4.39 Å². The monoisotopic (exact) mass is 485 g/mol. The van der Waals surface area contributed by atoms with E-state index in [0.29, 0.717) is 23.3 Å². The normalized spacial score (nSPS) is 20.2. The molecule has 1 atom stereocenters. The fraction of sp³-hybridized carbons (Fsp3) is 0.467. The van der Waals surface area contributed by atoms with Crippen LogP contribution in [0.4, 0.5) is 4.39 Å². The number of likely N-dealkylation sites (tertiary alicyclic amines) is 1. The number of hydrogen-bond donors (Lipinski definition) is 2. The molecular weight excluding hydrogens is 449 g/mol. The van der Waals surface area contributed by atoms with Crippen molar-refractivity contribution in [1.29, 1.82) is 0 Å². The van der Waals surface area contributed by atoms with Crippen LogP contribution in [0.15, 0.2) is 42.0 Å². The summed E-state index contributed by atoms with van der Waals surface area (Å²) < 4.78 is 15.1. The summed E-state index contributed by atoms with van der Waals surface area (Å²) in [5.74, 6) is 1.58. The van der Waals surface area contributed by atoms with Crippen molar-refractivity contribution in [3.8, 4) is 11.4 Å². The summed E-state index contributed by atoms with van der Waals surface area (Å²) in [6, 6.07) is 13.5. The van der Waals surface area contributed by atoms with Crippen LogP contribution in [0.5, 0.6) is 0 Å². The van der Waals surface area contributed by atoms with Crippen molar-refractivity contribution < 1.29 is 4.39 Å². The molecule has 2 N–H and O–H groups in total. The summed E-state index contributed by atoms with van der Waals surface area (Å²) in [4.78, 5) is 7.11. The lowest BCUT2D eigenvalue weighted by Gasteiger charge is -2.37. The number of aryl methyl sites for hydroxylation is 2. The molecule has 1 unspecified atom stereocenters. The summed E-state index contributed by atoms with van der Waals surface area (Å²) in [6.45, 7) is 7.22. The molecule has 3 heterocycles. The summed E-state index contributed by atoms with van der Waals surface area (Å²) in [5.41, 5.74) is 8.36. The third-order valence-electron chi connectivity index (χ3n) is 8.25. The molecule has 1 saturated carbocycles. The zero-order valence-corrected chi connectivity index (χ0v) is 21.4. The van der Waals surface area contributed by atoms with Crippen molar-refractivity contribution in [1.82, 2.24) is 25.4 Å². The Labute approximate surface area is 213 Å². The minimum Gasteiger partial charge on any atom is -0.371 e. The molecule has 0 radical (unpaired) electrons. The fourth-order valence-corrected chi connectivity index (χ4v) is 6.03. The van der Waals surface area contributed by atoms with E-state index in [0.717, 1.165) is 68.7 Å². The highest BCUT2D eigenvalue weighted by atomic mass is 19.1. The minimum atomic E-state index is -0.253. The van der Waals surface area contributed by atoms with E-state index in [1.807, 2.05) is 19.9 Å². The summed E-state index contributed by atoms with van der Waals surface area (Å²) in [7, 11) is 0. The number of hydrogen-bond acceptors (Lipinski definition) is 4. The largest absolute Gasteiger partial charge is 0.371 e. The van der Waals surface area contributed by atoms with Crippen LogP contribution in [-0.4, -0.2) is 39.7 Å². The molecule has 6 heteroatoms. The van der Waals surface area contributed by atoms with Gasteiger partial charge in [-0.2, -0.15) is 5.10 Å². The molecule has 2 aromatic carbocycles. The molecule has 36 heavy (non-hydrogen) atoms. The van der Waals surface area contributed by atoms with Gasteiger partial charge in [0, 0.05) is 43.4 Å². The molecule has 3 aliphatic rings. The Balaban J connectivity index is 1.28. The van der Waals surface area contributed by atoms with Crippen molar-refractivity contribution in [3.05, 3.63) is 75.9 Å². The van der Waals surface area contributed by atoms with Crippen LogP contribution in [0.2, 0.25) is 0 Å². The number of rotatable bonds is 6. The number of nitrogens with one attached hydrogen (secondary N) is 2. The van der Waals surface area contributed by atoms with Gasteiger partial charge in [0.1, 0.15) is 11.6 Å². The first-order chi connectivity index (χ1) is 17.6. The van der Waals surface area contributed by atoms with Crippen LogP contribution in [-0.2, 0) is 6.42 Å². The standard InChI is InChI=1S/C30H36FN5/c1-3-28-33-30(35-34-28)25-17-24(19(2)16-26(25)31)29(23-6-4-5-7-23)36-14-12-21(13-15-36)20-8-10-22(11-9-20)27-18-32-27/h8-11,16-17,21,27,32H,3-7,12-15,18H2,1-2H3,(H,33,34,35). The SMILES string of the molecule is CCc1nc(-c2cc(C(=C3CCCC3)N3CCC(c4ccc(C5CN5)cc4)CC3)c(C)cc2F)n[nH]1. The molecule has 1 aromatic heterocycles. The smallest absolute Gasteiger partial charge is 0.184 e. The number of aromatic amines is 1. The van der Waals surface area contributed by atoms with E-state index in [1.165, 1.54) is 35.2 Å². The number of H-pyrrole nitrogens is 1. The lowest BCUT2D eigenvalue weighted by Crippen LogP contribution is -2.32. The van der Waals surface area contributed by atoms with Gasteiger partial charge in [-0.15, -0.1) is 0 Å². The number of allylic oxidation sites excluding steroid dienone is 1. The Morgan fingerprint density at radius 2 is 1.75 bits per heavy atom. The highest BCUT2D eigenvalue weighted by Gasteiger charge is 2.28. The van der Waals surface area contributed by atoms with Crippen molar-refractivity contribution >= 4 is 5.70 Å². The van der Waals surface area contributed by atoms with Crippen LogP contribution < -0.4 is 5.32 Å². The van der Waals surface area contributed by atoms with E-state index in [2.05, 4.69) is 49.7 Å². The molecule has 2 aliphatic heterocycles. The van der Waals surface area contributed by atoms with E-state index in [-0.39, 0.29) is 5.82 Å². The number of benzene rings is 2. The van der Waals surface area contributed by atoms with Crippen LogP contribution in [0.25, 0.3) is 17.1 Å². The lowest BCUT2D eigenvalue weighted by atomic mass is 9.87. The average molecular weight is 486 g/mol. The van der Waals surface area contributed by atoms with E-state index < -0.39 is 0 Å². The Morgan fingerprint density at radius 3 is 2.39 bits per heavy atom. The van der Waals surface area contributed by atoms with Crippen molar-refractivity contribution in [2.24, 2.45) is 0 Å². The highest BCUT2D eigenvalue weighted by Crippen LogP contribution is 2.40. The highest BCUT2D eigenvalue weighted by molar-refractivity contribution is 5.74. The van der Waals surface area contributed by atoms with Crippen LogP contribution in [0.1, 0.15) is 85.5 Å². The second-order valence-electron chi connectivity index (χ2n) is 10.7. The zero-order chi connectivity index (χ0) is 24.6. The molecule has 1 aliphatic carbocycles. The molecule has 3 aromatic rings. The van der Waals surface area contributed by atoms with Gasteiger partial charge in [-0.05, 0) is 85.8 Å². The van der Waals surface area contributed by atoms with E-state index in [1.54, 1.807) is 6.07 Å². The predicted molar refractivity (Wildman–Crippen MR) is 142 cm³/mol. The van der Waals surface area contributed by atoms with Crippen LogP contribution >= 0.6 is 0 Å². The number of aromatic nitrogens is 3. The maximum absolute atomic E-state index is 15.1. The van der Waals surface area contributed by atoms with Gasteiger partial charge in [-0.3, -0.25) is 5.10 Å². The number of nitrogens with zero attached hydrogens (tertiary/aromatic N) is 3. The van der Waals surface area contributed by atoms with E-state index in [4.69, 9.17) is 0 Å². The lowest BCUT2D eigenvalue weighted by molar-refractivity contribution is 0.297. The quantitative estimate of drug-likeness (QED) is 0.403. The zero-order valence-electron chi connectivity index (χ0n) is 21.4. The van der Waals surface area contributed by atoms with Gasteiger partial charge in [-0.25, -0.2) is 9.37 Å². The minimum absolute atomic E-state index is 0.253. The molecule has 6 rings (SSSR count). The molecule has 5 nitrogen and oxygen atoms in total. The second kappa shape index (κ2) is 9.81. The summed E-state index contributed by atoms with van der Waals surface area (Å²) in [6.07, 6.45) is 7.79. The van der Waals surface area contributed by atoms with Gasteiger partial charge in [-0.1, -0.05) is 31.2 Å². The Bertz CT molecular complexity index is 1250. The van der Waals surface area contributed by atoms with Crippen LogP contribution in [0, 0.1) is 12.7 Å². The third-order valence-corrected chi connectivity index (χ3v) is 8.25. The summed E-state index contributed by atoms with van der Waals surface area (Å²) in [5, 5.41) is 10.6. The molecule has 188 valence electrons. The third kappa shape index (κ3) is 4.59. The Morgan fingerprint density at radius 1 is 1.06 bits per heavy atom. The number of halogens is 1. The first-order valence-corrected chi connectivity index (χ1v) is 13.6. The molecule has 0 amide bonds. The molecule has 3 fully saturated rings. The van der Waals surface area contributed by atoms with Gasteiger partial charge in [0.2, 0.25) is 0 Å². The second-order valence-corrected chi connectivity index (χ2v) is 10.7. The molecule has 0 spiro atoms. The van der Waals surface area contributed by atoms with Crippen LogP contribution in [0.3, 0.4) is 0 Å². The van der Waals surface area contributed by atoms with Gasteiger partial charge < -0.3 is 10.2 Å². The first-order valence-electron chi connectivity index (χ1n) is 13.6. The van der Waals surface area contributed by atoms with Gasteiger partial charge in [0.05, 0.1) is 5.56 Å². The average Bonchev–Trinajstić information content (AvgIpc) is 3.40. The first kappa shape index (κ1) is 23.4. The molecular formula is C30H36FN5. The van der Waals surface area contributed by atoms with Gasteiger partial charge in [0.15, 0.2) is 5.82 Å². The van der Waals surface area contributed by atoms with Crippen molar-refractivity contribution in [2.75, 3.05) is 19.6 Å². The fourth-order valence-electron chi connectivity index (χ4n) is 6.03. The van der Waals surface area contributed by atoms with Crippen molar-refractivity contribution in [3.63, 3.8) is 0 Å². The van der Waals surface area contributed by atoms with E-state index in [9.17, 15) is 0 Å². The molecule has 0 bridgehead atoms. The number of piperidine rings is 1. The summed E-state index contributed by atoms with van der Waals surface area (Å²) >= 11 is 0. The van der Waals surface area contributed by atoms with Gasteiger partial charge >= 0.3 is 0 Å².